The Morgan fingerprint density at radius 3 is 2.62 bits per heavy atom. The molecule has 3 atom stereocenters. The Kier molecular flexibility index (Phi) is 8.33. The van der Waals surface area contributed by atoms with Gasteiger partial charge in [-0.3, -0.25) is 14.6 Å². The molecule has 4 nitrogen and oxygen atoms in total. The molecule has 0 saturated heterocycles. The summed E-state index contributed by atoms with van der Waals surface area (Å²) in [7, 11) is 0. The number of Topliss-reactive ketones (excluding diaryl/α,β-unsaturated/α-hetero) is 1. The Labute approximate surface area is 218 Å². The Balaban J connectivity index is 1.72. The van der Waals surface area contributed by atoms with Gasteiger partial charge in [0.05, 0.1) is 0 Å². The molecule has 1 aliphatic carbocycles. The predicted molar refractivity (Wildman–Crippen MR) is 143 cm³/mol. The van der Waals surface area contributed by atoms with Crippen molar-refractivity contribution in [3.05, 3.63) is 80.4 Å². The number of benzene rings is 2. The molecular weight excluding hydrogens is 534 g/mol. The average Bonchev–Trinajstić information content (AvgIpc) is 2.81. The third-order valence-electron chi connectivity index (χ3n) is 6.40. The number of rotatable bonds is 7. The number of carbonyl (C=O) groups is 2. The van der Waals surface area contributed by atoms with Crippen LogP contribution in [-0.4, -0.2) is 35.6 Å². The van der Waals surface area contributed by atoms with Crippen molar-refractivity contribution in [1.82, 2.24) is 0 Å². The maximum Gasteiger partial charge on any atom is 0.315 e. The molecule has 2 aromatic rings. The van der Waals surface area contributed by atoms with E-state index in [4.69, 9.17) is 21.3 Å². The Bertz CT molecular complexity index is 1140. The van der Waals surface area contributed by atoms with E-state index < -0.39 is 11.8 Å². The number of ketones is 1. The van der Waals surface area contributed by atoms with Gasteiger partial charge in [0.25, 0.3) is 0 Å². The first-order valence-electron chi connectivity index (χ1n) is 11.5. The summed E-state index contributed by atoms with van der Waals surface area (Å²) in [5.41, 5.74) is 4.10. The van der Waals surface area contributed by atoms with E-state index in [2.05, 4.69) is 22.9 Å². The number of aliphatic imine (C=N–C) groups is 1. The second-order valence-corrected chi connectivity index (χ2v) is 11.2. The van der Waals surface area contributed by atoms with Crippen LogP contribution in [0.5, 0.6) is 0 Å². The van der Waals surface area contributed by atoms with Crippen LogP contribution in [-0.2, 0) is 14.3 Å². The number of esters is 1. The number of allylic oxidation sites excluding steroid dienone is 2. The second kappa shape index (κ2) is 11.2. The van der Waals surface area contributed by atoms with E-state index in [1.165, 1.54) is 0 Å². The number of ether oxygens (including phenoxy) is 1. The Hall–Kier alpha value is -1.89. The molecule has 0 N–H and O–H groups in total. The van der Waals surface area contributed by atoms with E-state index in [0.717, 1.165) is 32.8 Å². The van der Waals surface area contributed by atoms with Gasteiger partial charge in [0.1, 0.15) is 12.5 Å². The number of thioether (sulfide) groups is 1. The first kappa shape index (κ1) is 25.2. The zero-order chi connectivity index (χ0) is 24.2. The molecule has 1 heterocycles. The lowest BCUT2D eigenvalue weighted by atomic mass is 9.69. The molecule has 0 saturated carbocycles. The summed E-state index contributed by atoms with van der Waals surface area (Å²) in [6.45, 7) is 4.30. The smallest absolute Gasteiger partial charge is 0.315 e. The van der Waals surface area contributed by atoms with Crippen LogP contribution in [0.1, 0.15) is 49.7 Å². The summed E-state index contributed by atoms with van der Waals surface area (Å²) < 4.78 is 6.53. The first-order chi connectivity index (χ1) is 16.4. The van der Waals surface area contributed by atoms with Crippen molar-refractivity contribution >= 4 is 56.8 Å². The summed E-state index contributed by atoms with van der Waals surface area (Å²) in [6, 6.07) is 15.5. The quantitative estimate of drug-likeness (QED) is 0.271. The topological polar surface area (TPSA) is 55.7 Å². The van der Waals surface area contributed by atoms with Gasteiger partial charge in [0.2, 0.25) is 0 Å². The monoisotopic (exact) mass is 559 g/mol. The van der Waals surface area contributed by atoms with Gasteiger partial charge in [0.15, 0.2) is 5.78 Å². The van der Waals surface area contributed by atoms with Crippen LogP contribution in [0, 0.1) is 5.92 Å². The Morgan fingerprint density at radius 2 is 1.91 bits per heavy atom. The number of hydrogen-bond donors (Lipinski definition) is 0. The van der Waals surface area contributed by atoms with Crippen LogP contribution in [0.3, 0.4) is 0 Å². The van der Waals surface area contributed by atoms with Gasteiger partial charge in [-0.15, -0.1) is 0 Å². The van der Waals surface area contributed by atoms with Gasteiger partial charge in [-0.2, -0.15) is 11.8 Å². The lowest BCUT2D eigenvalue weighted by molar-refractivity contribution is -0.145. The van der Waals surface area contributed by atoms with Crippen LogP contribution in [0.25, 0.3) is 0 Å². The third-order valence-corrected chi connectivity index (χ3v) is 8.24. The molecule has 7 heteroatoms. The molecule has 34 heavy (non-hydrogen) atoms. The molecule has 0 aromatic heterocycles. The van der Waals surface area contributed by atoms with E-state index >= 15 is 0 Å². The standard InChI is InChI=1S/C27H27BrClNO3S/c1-3-34-13-12-33-27(32)24-16(2)30-22-14-18(17-8-10-19(29)11-9-17)15-23(31)26(22)25(24)20-6-4-5-7-21(20)28/h4-11,18,24-25H,3,12-15H2,1-2H3/t18-,24?,25+/m0/s1. The number of nitrogens with zero attached hydrogens (tertiary/aromatic N) is 1. The SMILES string of the molecule is CCSCCOC(=O)C1C(C)=NC2=C(C(=O)C[C@@H](c3ccc(Cl)cc3)C2)[C@@H]1c1ccccc1Br. The molecule has 2 aromatic carbocycles. The average molecular weight is 561 g/mol. The van der Waals surface area contributed by atoms with Gasteiger partial charge >= 0.3 is 5.97 Å². The first-order valence-corrected chi connectivity index (χ1v) is 13.8. The minimum absolute atomic E-state index is 0.0366. The molecule has 1 aliphatic heterocycles. The van der Waals surface area contributed by atoms with Gasteiger partial charge in [-0.1, -0.05) is 64.8 Å². The van der Waals surface area contributed by atoms with Gasteiger partial charge in [-0.05, 0) is 54.3 Å². The summed E-state index contributed by atoms with van der Waals surface area (Å²) in [5, 5.41) is 0.671. The minimum Gasteiger partial charge on any atom is -0.464 e. The van der Waals surface area contributed by atoms with E-state index in [1.54, 1.807) is 11.8 Å². The second-order valence-electron chi connectivity index (χ2n) is 8.53. The molecule has 0 amide bonds. The highest BCUT2D eigenvalue weighted by Crippen LogP contribution is 2.48. The highest BCUT2D eigenvalue weighted by atomic mass is 79.9. The van der Waals surface area contributed by atoms with Crippen LogP contribution in [0.15, 0.2) is 69.3 Å². The minimum atomic E-state index is -0.625. The van der Waals surface area contributed by atoms with Crippen molar-refractivity contribution in [2.75, 3.05) is 18.1 Å². The van der Waals surface area contributed by atoms with Crippen molar-refractivity contribution < 1.29 is 14.3 Å². The molecule has 0 radical (unpaired) electrons. The molecule has 178 valence electrons. The molecule has 0 bridgehead atoms. The van der Waals surface area contributed by atoms with Crippen LogP contribution < -0.4 is 0 Å². The molecule has 0 fully saturated rings. The zero-order valence-corrected chi connectivity index (χ0v) is 22.4. The maximum absolute atomic E-state index is 13.6. The van der Waals surface area contributed by atoms with Gasteiger partial charge in [-0.25, -0.2) is 0 Å². The van der Waals surface area contributed by atoms with Crippen molar-refractivity contribution in [2.45, 2.75) is 38.5 Å². The number of carbonyl (C=O) groups excluding carboxylic acids is 2. The van der Waals surface area contributed by atoms with Gasteiger partial charge < -0.3 is 4.74 Å². The highest BCUT2D eigenvalue weighted by molar-refractivity contribution is 9.10. The number of hydrogen-bond acceptors (Lipinski definition) is 5. The Morgan fingerprint density at radius 1 is 1.18 bits per heavy atom. The summed E-state index contributed by atoms with van der Waals surface area (Å²) in [4.78, 5) is 31.7. The van der Waals surface area contributed by atoms with Crippen molar-refractivity contribution in [2.24, 2.45) is 10.9 Å². The van der Waals surface area contributed by atoms with Crippen molar-refractivity contribution in [1.29, 1.82) is 0 Å². The van der Waals surface area contributed by atoms with Crippen LogP contribution >= 0.6 is 39.3 Å². The molecule has 4 rings (SSSR count). The normalized spacial score (nSPS) is 22.3. The van der Waals surface area contributed by atoms with E-state index in [-0.39, 0.29) is 17.7 Å². The van der Waals surface area contributed by atoms with E-state index in [0.29, 0.717) is 35.8 Å². The molecule has 0 spiro atoms. The lowest BCUT2D eigenvalue weighted by Crippen LogP contribution is -2.38. The largest absolute Gasteiger partial charge is 0.464 e. The number of halogens is 2. The van der Waals surface area contributed by atoms with Crippen LogP contribution in [0.4, 0.5) is 0 Å². The maximum atomic E-state index is 13.6. The summed E-state index contributed by atoms with van der Waals surface area (Å²) in [6.07, 6.45) is 1.03. The van der Waals surface area contributed by atoms with Crippen molar-refractivity contribution in [3.63, 3.8) is 0 Å². The van der Waals surface area contributed by atoms with Gasteiger partial charge in [0, 0.05) is 44.6 Å². The summed E-state index contributed by atoms with van der Waals surface area (Å²) in [5.74, 6) is 0.430. The van der Waals surface area contributed by atoms with Crippen molar-refractivity contribution in [3.8, 4) is 0 Å². The van der Waals surface area contributed by atoms with E-state index in [1.807, 2.05) is 55.5 Å². The fraction of sp³-hybridized carbons (Fsp3) is 0.370. The molecule has 2 aliphatic rings. The lowest BCUT2D eigenvalue weighted by Gasteiger charge is -2.37. The highest BCUT2D eigenvalue weighted by Gasteiger charge is 2.45. The zero-order valence-electron chi connectivity index (χ0n) is 19.2. The predicted octanol–water partition coefficient (Wildman–Crippen LogP) is 6.97. The fourth-order valence-electron chi connectivity index (χ4n) is 4.83. The van der Waals surface area contributed by atoms with E-state index in [9.17, 15) is 9.59 Å². The van der Waals surface area contributed by atoms with Crippen LogP contribution in [0.2, 0.25) is 5.02 Å². The molecule has 1 unspecified atom stereocenters. The third kappa shape index (κ3) is 5.34. The summed E-state index contributed by atoms with van der Waals surface area (Å²) >= 11 is 11.4. The fourth-order valence-corrected chi connectivity index (χ4v) is 5.98. The molecular formula is C27H27BrClNO3S.